The predicted octanol–water partition coefficient (Wildman–Crippen LogP) is 4.28. The smallest absolute Gasteiger partial charge is 0.242 e. The molecule has 0 radical (unpaired) electrons. The first kappa shape index (κ1) is 25.2. The molecule has 0 aliphatic heterocycles. The summed E-state index contributed by atoms with van der Waals surface area (Å²) < 4.78 is 10.6. The van der Waals surface area contributed by atoms with Crippen LogP contribution >= 0.6 is 0 Å². The molecule has 6 nitrogen and oxygen atoms in total. The standard InChI is InChI=1S/C26H36N2O4/c1-7-19(3)27-26(30)20(4)28(17-22-10-8-18(2)9-11-22)25(29)15-13-21-12-14-23(31-5)24(16-21)32-6/h8-12,14,16,19-20H,7,13,15,17H2,1-6H3,(H,27,30)/t19-,20+/m1/s1. The third-order valence-corrected chi connectivity index (χ3v) is 5.72. The van der Waals surface area contributed by atoms with Gasteiger partial charge in [-0.1, -0.05) is 42.8 Å². The van der Waals surface area contributed by atoms with E-state index in [1.165, 1.54) is 0 Å². The summed E-state index contributed by atoms with van der Waals surface area (Å²) in [5, 5.41) is 3.00. The van der Waals surface area contributed by atoms with E-state index in [2.05, 4.69) is 5.32 Å². The summed E-state index contributed by atoms with van der Waals surface area (Å²) in [6, 6.07) is 13.2. The fourth-order valence-corrected chi connectivity index (χ4v) is 3.37. The lowest BCUT2D eigenvalue weighted by atomic mass is 10.1. The molecule has 0 unspecified atom stereocenters. The SMILES string of the molecule is CC[C@@H](C)NC(=O)[C@H](C)N(Cc1ccc(C)cc1)C(=O)CCc1ccc(OC)c(OC)c1. The Morgan fingerprint density at radius 1 is 0.969 bits per heavy atom. The predicted molar refractivity (Wildman–Crippen MR) is 127 cm³/mol. The van der Waals surface area contributed by atoms with Gasteiger partial charge in [0.1, 0.15) is 6.04 Å². The van der Waals surface area contributed by atoms with Gasteiger partial charge in [-0.2, -0.15) is 0 Å². The van der Waals surface area contributed by atoms with E-state index in [0.717, 1.165) is 23.1 Å². The molecule has 2 amide bonds. The molecule has 2 aromatic rings. The molecular formula is C26H36N2O4. The minimum atomic E-state index is -0.566. The lowest BCUT2D eigenvalue weighted by Gasteiger charge is -2.30. The summed E-state index contributed by atoms with van der Waals surface area (Å²) in [5.41, 5.74) is 3.13. The molecule has 174 valence electrons. The highest BCUT2D eigenvalue weighted by molar-refractivity contribution is 5.87. The first-order valence-corrected chi connectivity index (χ1v) is 11.1. The van der Waals surface area contributed by atoms with E-state index >= 15 is 0 Å². The maximum Gasteiger partial charge on any atom is 0.242 e. The van der Waals surface area contributed by atoms with Crippen LogP contribution in [0.25, 0.3) is 0 Å². The molecule has 2 aromatic carbocycles. The molecule has 0 bridgehead atoms. The Morgan fingerprint density at radius 2 is 1.59 bits per heavy atom. The Bertz CT molecular complexity index is 895. The lowest BCUT2D eigenvalue weighted by Crippen LogP contribution is -2.49. The zero-order valence-corrected chi connectivity index (χ0v) is 20.1. The number of rotatable bonds is 11. The van der Waals surface area contributed by atoms with Crippen molar-refractivity contribution in [3.05, 3.63) is 59.2 Å². The van der Waals surface area contributed by atoms with Crippen molar-refractivity contribution in [2.75, 3.05) is 14.2 Å². The molecule has 32 heavy (non-hydrogen) atoms. The number of carbonyl (C=O) groups excluding carboxylic acids is 2. The largest absolute Gasteiger partial charge is 0.493 e. The third-order valence-electron chi connectivity index (χ3n) is 5.72. The number of benzene rings is 2. The molecule has 0 aliphatic carbocycles. The number of aryl methyl sites for hydroxylation is 2. The van der Waals surface area contributed by atoms with Gasteiger partial charge >= 0.3 is 0 Å². The van der Waals surface area contributed by atoms with E-state index in [4.69, 9.17) is 9.47 Å². The zero-order chi connectivity index (χ0) is 23.7. The molecule has 0 saturated carbocycles. The van der Waals surface area contributed by atoms with E-state index in [0.29, 0.717) is 30.9 Å². The fourth-order valence-electron chi connectivity index (χ4n) is 3.37. The fraction of sp³-hybridized carbons (Fsp3) is 0.462. The van der Waals surface area contributed by atoms with Crippen molar-refractivity contribution < 1.29 is 19.1 Å². The Kier molecular flexibility index (Phi) is 9.57. The highest BCUT2D eigenvalue weighted by Crippen LogP contribution is 2.28. The van der Waals surface area contributed by atoms with Crippen molar-refractivity contribution in [1.82, 2.24) is 10.2 Å². The van der Waals surface area contributed by atoms with Crippen LogP contribution in [-0.4, -0.2) is 43.0 Å². The Labute approximate surface area is 191 Å². The molecule has 0 aromatic heterocycles. The van der Waals surface area contributed by atoms with Crippen LogP contribution in [0.4, 0.5) is 0 Å². The Hall–Kier alpha value is -3.02. The van der Waals surface area contributed by atoms with Crippen LogP contribution in [-0.2, 0) is 22.6 Å². The van der Waals surface area contributed by atoms with Crippen LogP contribution < -0.4 is 14.8 Å². The summed E-state index contributed by atoms with van der Waals surface area (Å²) in [7, 11) is 3.18. The van der Waals surface area contributed by atoms with Gasteiger partial charge < -0.3 is 19.7 Å². The molecule has 0 aliphatic rings. The zero-order valence-electron chi connectivity index (χ0n) is 20.1. The van der Waals surface area contributed by atoms with E-state index < -0.39 is 6.04 Å². The first-order valence-electron chi connectivity index (χ1n) is 11.1. The highest BCUT2D eigenvalue weighted by atomic mass is 16.5. The van der Waals surface area contributed by atoms with Gasteiger partial charge in [-0.05, 0) is 56.9 Å². The number of carbonyl (C=O) groups is 2. The first-order chi connectivity index (χ1) is 15.3. The molecule has 0 fully saturated rings. The number of ether oxygens (including phenoxy) is 2. The van der Waals surface area contributed by atoms with E-state index in [1.807, 2.05) is 63.2 Å². The normalized spacial score (nSPS) is 12.6. The van der Waals surface area contributed by atoms with Gasteiger partial charge in [0.15, 0.2) is 11.5 Å². The quantitative estimate of drug-likeness (QED) is 0.566. The second-order valence-corrected chi connectivity index (χ2v) is 8.19. The molecule has 6 heteroatoms. The van der Waals surface area contributed by atoms with Gasteiger partial charge in [0.25, 0.3) is 0 Å². The van der Waals surface area contributed by atoms with Crippen LogP contribution in [0.1, 0.15) is 50.3 Å². The Balaban J connectivity index is 2.17. The topological polar surface area (TPSA) is 67.9 Å². The molecular weight excluding hydrogens is 404 g/mol. The second-order valence-electron chi connectivity index (χ2n) is 8.19. The lowest BCUT2D eigenvalue weighted by molar-refractivity contribution is -0.140. The number of amides is 2. The summed E-state index contributed by atoms with van der Waals surface area (Å²) in [6.07, 6.45) is 1.68. The third kappa shape index (κ3) is 7.01. The maximum absolute atomic E-state index is 13.3. The summed E-state index contributed by atoms with van der Waals surface area (Å²) in [4.78, 5) is 27.7. The highest BCUT2D eigenvalue weighted by Gasteiger charge is 2.26. The summed E-state index contributed by atoms with van der Waals surface area (Å²) in [5.74, 6) is 1.09. The van der Waals surface area contributed by atoms with E-state index in [-0.39, 0.29) is 17.9 Å². The van der Waals surface area contributed by atoms with Crippen LogP contribution in [0.5, 0.6) is 11.5 Å². The van der Waals surface area contributed by atoms with Crippen LogP contribution in [0.3, 0.4) is 0 Å². The van der Waals surface area contributed by atoms with Crippen LogP contribution in [0, 0.1) is 6.92 Å². The van der Waals surface area contributed by atoms with Crippen molar-refractivity contribution in [2.24, 2.45) is 0 Å². The van der Waals surface area contributed by atoms with Gasteiger partial charge in [0, 0.05) is 19.0 Å². The van der Waals surface area contributed by atoms with Gasteiger partial charge in [0.2, 0.25) is 11.8 Å². The van der Waals surface area contributed by atoms with E-state index in [1.54, 1.807) is 26.0 Å². The van der Waals surface area contributed by atoms with Crippen molar-refractivity contribution in [1.29, 1.82) is 0 Å². The molecule has 2 rings (SSSR count). The number of nitrogens with one attached hydrogen (secondary N) is 1. The molecule has 2 atom stereocenters. The minimum Gasteiger partial charge on any atom is -0.493 e. The average molecular weight is 441 g/mol. The van der Waals surface area contributed by atoms with Gasteiger partial charge in [-0.3, -0.25) is 9.59 Å². The number of methoxy groups -OCH3 is 2. The van der Waals surface area contributed by atoms with E-state index in [9.17, 15) is 9.59 Å². The molecule has 0 heterocycles. The summed E-state index contributed by atoms with van der Waals surface area (Å²) in [6.45, 7) is 8.19. The molecule has 0 saturated heterocycles. The summed E-state index contributed by atoms with van der Waals surface area (Å²) >= 11 is 0. The molecule has 1 N–H and O–H groups in total. The number of hydrogen-bond acceptors (Lipinski definition) is 4. The average Bonchev–Trinajstić information content (AvgIpc) is 2.81. The van der Waals surface area contributed by atoms with Crippen LogP contribution in [0.2, 0.25) is 0 Å². The van der Waals surface area contributed by atoms with Gasteiger partial charge in [0.05, 0.1) is 14.2 Å². The van der Waals surface area contributed by atoms with Crippen molar-refractivity contribution in [2.45, 2.75) is 65.6 Å². The monoisotopic (exact) mass is 440 g/mol. The van der Waals surface area contributed by atoms with Crippen molar-refractivity contribution in [3.63, 3.8) is 0 Å². The van der Waals surface area contributed by atoms with Gasteiger partial charge in [-0.15, -0.1) is 0 Å². The maximum atomic E-state index is 13.3. The number of hydrogen-bond donors (Lipinski definition) is 1. The second kappa shape index (κ2) is 12.1. The van der Waals surface area contributed by atoms with Gasteiger partial charge in [-0.25, -0.2) is 0 Å². The van der Waals surface area contributed by atoms with Crippen molar-refractivity contribution in [3.8, 4) is 11.5 Å². The Morgan fingerprint density at radius 3 is 2.19 bits per heavy atom. The van der Waals surface area contributed by atoms with Crippen LogP contribution in [0.15, 0.2) is 42.5 Å². The van der Waals surface area contributed by atoms with Crippen molar-refractivity contribution >= 4 is 11.8 Å². The molecule has 0 spiro atoms. The minimum absolute atomic E-state index is 0.0628. The number of nitrogens with zero attached hydrogens (tertiary/aromatic N) is 1.